The van der Waals surface area contributed by atoms with Crippen molar-refractivity contribution in [3.8, 4) is 0 Å². The molecule has 1 aliphatic rings. The summed E-state index contributed by atoms with van der Waals surface area (Å²) in [6.07, 6.45) is 2.52. The van der Waals surface area contributed by atoms with Gasteiger partial charge < -0.3 is 10.0 Å². The summed E-state index contributed by atoms with van der Waals surface area (Å²) >= 11 is 0. The third-order valence-corrected chi connectivity index (χ3v) is 5.85. The number of nitrogens with one attached hydrogen (secondary N) is 1. The van der Waals surface area contributed by atoms with Crippen LogP contribution in [0.2, 0.25) is 0 Å². The number of sulfonamides is 1. The number of nitro groups is 1. The van der Waals surface area contributed by atoms with Crippen molar-refractivity contribution >= 4 is 27.6 Å². The van der Waals surface area contributed by atoms with E-state index in [1.807, 2.05) is 0 Å². The van der Waals surface area contributed by atoms with Crippen molar-refractivity contribution in [2.24, 2.45) is 0 Å². The van der Waals surface area contributed by atoms with E-state index in [2.05, 4.69) is 4.72 Å². The molecule has 148 valence electrons. The number of carbonyl (C=O) groups is 2. The van der Waals surface area contributed by atoms with E-state index in [9.17, 15) is 28.1 Å². The Hall–Kier alpha value is -2.53. The third kappa shape index (κ3) is 5.47. The van der Waals surface area contributed by atoms with Gasteiger partial charge in [0.2, 0.25) is 15.9 Å². The molecular weight excluding hydrogens is 378 g/mol. The first-order valence-electron chi connectivity index (χ1n) is 8.46. The molecule has 1 atom stereocenters. The highest BCUT2D eigenvalue weighted by atomic mass is 32.2. The summed E-state index contributed by atoms with van der Waals surface area (Å²) in [6, 6.07) is 4.63. The van der Waals surface area contributed by atoms with Crippen molar-refractivity contribution in [3.05, 3.63) is 34.4 Å². The molecule has 1 aliphatic heterocycles. The maximum Gasteiger partial charge on any atom is 0.303 e. The van der Waals surface area contributed by atoms with Crippen molar-refractivity contribution in [2.45, 2.75) is 43.0 Å². The second-order valence-electron chi connectivity index (χ2n) is 6.22. The van der Waals surface area contributed by atoms with Crippen LogP contribution in [0.4, 0.5) is 5.69 Å². The summed E-state index contributed by atoms with van der Waals surface area (Å²) in [7, 11) is -4.25. The van der Waals surface area contributed by atoms with E-state index in [0.29, 0.717) is 19.4 Å². The molecule has 1 saturated heterocycles. The van der Waals surface area contributed by atoms with Gasteiger partial charge in [0.25, 0.3) is 5.69 Å². The average molecular weight is 399 g/mol. The van der Waals surface area contributed by atoms with Crippen LogP contribution in [0.1, 0.15) is 32.1 Å². The summed E-state index contributed by atoms with van der Waals surface area (Å²) in [4.78, 5) is 34.4. The third-order valence-electron chi connectivity index (χ3n) is 4.40. The summed E-state index contributed by atoms with van der Waals surface area (Å²) in [5, 5.41) is 19.8. The number of likely N-dealkylation sites (tertiary alicyclic amines) is 1. The van der Waals surface area contributed by atoms with E-state index in [4.69, 9.17) is 5.11 Å². The number of piperidine rings is 1. The number of carboxylic acids is 1. The maximum atomic E-state index is 12.5. The zero-order valence-corrected chi connectivity index (χ0v) is 15.4. The summed E-state index contributed by atoms with van der Waals surface area (Å²) < 4.78 is 26.9. The lowest BCUT2D eigenvalue weighted by Gasteiger charge is -2.35. The Kier molecular flexibility index (Phi) is 6.86. The van der Waals surface area contributed by atoms with E-state index in [0.717, 1.165) is 25.0 Å². The van der Waals surface area contributed by atoms with E-state index < -0.39 is 44.0 Å². The monoisotopic (exact) mass is 399 g/mol. The molecule has 1 aromatic carbocycles. The van der Waals surface area contributed by atoms with Crippen LogP contribution in [0.25, 0.3) is 0 Å². The van der Waals surface area contributed by atoms with Crippen LogP contribution in [0, 0.1) is 10.1 Å². The summed E-state index contributed by atoms with van der Waals surface area (Å²) in [6.45, 7) is -0.117. The number of carboxylic acid groups (broad SMARTS) is 1. The molecule has 0 radical (unpaired) electrons. The number of hydrogen-bond donors (Lipinski definition) is 2. The quantitative estimate of drug-likeness (QED) is 0.492. The van der Waals surface area contributed by atoms with E-state index >= 15 is 0 Å². The van der Waals surface area contributed by atoms with Crippen molar-refractivity contribution in [1.82, 2.24) is 9.62 Å². The van der Waals surface area contributed by atoms with Gasteiger partial charge in [-0.25, -0.2) is 13.1 Å². The highest BCUT2D eigenvalue weighted by Crippen LogP contribution is 2.23. The van der Waals surface area contributed by atoms with Gasteiger partial charge in [-0.15, -0.1) is 0 Å². The molecule has 0 spiro atoms. The van der Waals surface area contributed by atoms with E-state index in [-0.39, 0.29) is 12.5 Å². The van der Waals surface area contributed by atoms with Crippen molar-refractivity contribution in [1.29, 1.82) is 0 Å². The lowest BCUT2D eigenvalue weighted by Crippen LogP contribution is -2.48. The molecule has 0 saturated carbocycles. The topological polar surface area (TPSA) is 147 Å². The number of hydrogen-bond acceptors (Lipinski definition) is 6. The Labute approximate surface area is 156 Å². The molecule has 1 unspecified atom stereocenters. The molecule has 0 aliphatic carbocycles. The minimum atomic E-state index is -4.25. The second kappa shape index (κ2) is 8.91. The number of amides is 1. The zero-order valence-electron chi connectivity index (χ0n) is 14.5. The van der Waals surface area contributed by atoms with Gasteiger partial charge in [0.15, 0.2) is 4.90 Å². The first-order chi connectivity index (χ1) is 12.7. The minimum Gasteiger partial charge on any atom is -0.481 e. The lowest BCUT2D eigenvalue weighted by atomic mass is 9.98. The first-order valence-corrected chi connectivity index (χ1v) is 9.95. The standard InChI is InChI=1S/C16H21N3O7S/c20-15(18-10-4-3-5-12(18)8-9-16(21)22)11-17-27(25,26)14-7-2-1-6-13(14)19(23)24/h1-2,6-7,12,17H,3-5,8-11H2,(H,21,22). The molecule has 2 N–H and O–H groups in total. The van der Waals surface area contributed by atoms with E-state index in [1.54, 1.807) is 0 Å². The lowest BCUT2D eigenvalue weighted by molar-refractivity contribution is -0.387. The minimum absolute atomic E-state index is 0.0730. The Morgan fingerprint density at radius 2 is 2.00 bits per heavy atom. The number of benzene rings is 1. The number of nitro benzene ring substituents is 1. The highest BCUT2D eigenvalue weighted by molar-refractivity contribution is 7.89. The van der Waals surface area contributed by atoms with Crippen LogP contribution < -0.4 is 4.72 Å². The fourth-order valence-corrected chi connectivity index (χ4v) is 4.24. The Morgan fingerprint density at radius 1 is 1.30 bits per heavy atom. The average Bonchev–Trinajstić information content (AvgIpc) is 2.64. The number of rotatable bonds is 8. The van der Waals surface area contributed by atoms with Crippen molar-refractivity contribution < 1.29 is 28.0 Å². The smallest absolute Gasteiger partial charge is 0.303 e. The Bertz CT molecular complexity index is 825. The molecule has 1 heterocycles. The summed E-state index contributed by atoms with van der Waals surface area (Å²) in [5.74, 6) is -1.43. The molecule has 1 amide bonds. The SMILES string of the molecule is O=C(O)CCC1CCCCN1C(=O)CNS(=O)(=O)c1ccccc1[N+](=O)[O-]. The molecule has 11 heteroatoms. The normalized spacial score (nSPS) is 17.5. The zero-order chi connectivity index (χ0) is 20.0. The van der Waals surface area contributed by atoms with Gasteiger partial charge >= 0.3 is 5.97 Å². The molecular formula is C16H21N3O7S. The Balaban J connectivity index is 2.07. The van der Waals surface area contributed by atoms with Crippen LogP contribution in [-0.2, 0) is 19.6 Å². The number of nitrogens with zero attached hydrogens (tertiary/aromatic N) is 2. The molecule has 0 aromatic heterocycles. The predicted molar refractivity (Wildman–Crippen MR) is 94.5 cm³/mol. The van der Waals surface area contributed by atoms with Crippen LogP contribution >= 0.6 is 0 Å². The van der Waals surface area contributed by atoms with Gasteiger partial charge in [-0.05, 0) is 31.7 Å². The molecule has 10 nitrogen and oxygen atoms in total. The maximum absolute atomic E-state index is 12.5. The van der Waals surface area contributed by atoms with Gasteiger partial charge in [0.1, 0.15) is 0 Å². The highest BCUT2D eigenvalue weighted by Gasteiger charge is 2.29. The van der Waals surface area contributed by atoms with Crippen LogP contribution in [-0.4, -0.2) is 54.4 Å². The molecule has 27 heavy (non-hydrogen) atoms. The molecule has 1 fully saturated rings. The molecule has 2 rings (SSSR count). The van der Waals surface area contributed by atoms with Gasteiger partial charge in [-0.1, -0.05) is 12.1 Å². The number of aliphatic carboxylic acids is 1. The van der Waals surface area contributed by atoms with Crippen molar-refractivity contribution in [3.63, 3.8) is 0 Å². The van der Waals surface area contributed by atoms with Gasteiger partial charge in [-0.3, -0.25) is 19.7 Å². The largest absolute Gasteiger partial charge is 0.481 e. The Morgan fingerprint density at radius 3 is 2.67 bits per heavy atom. The fraction of sp³-hybridized carbons (Fsp3) is 0.500. The fourth-order valence-electron chi connectivity index (χ4n) is 3.09. The van der Waals surface area contributed by atoms with Crippen LogP contribution in [0.15, 0.2) is 29.2 Å². The molecule has 1 aromatic rings. The van der Waals surface area contributed by atoms with Gasteiger partial charge in [0, 0.05) is 25.1 Å². The van der Waals surface area contributed by atoms with Crippen molar-refractivity contribution in [2.75, 3.05) is 13.1 Å². The first kappa shape index (κ1) is 20.8. The second-order valence-corrected chi connectivity index (χ2v) is 7.95. The van der Waals surface area contributed by atoms with Gasteiger partial charge in [0.05, 0.1) is 11.5 Å². The predicted octanol–water partition coefficient (Wildman–Crippen LogP) is 1.12. The van der Waals surface area contributed by atoms with Crippen LogP contribution in [0.5, 0.6) is 0 Å². The van der Waals surface area contributed by atoms with Gasteiger partial charge in [-0.2, -0.15) is 0 Å². The number of para-hydroxylation sites is 1. The molecule has 0 bridgehead atoms. The van der Waals surface area contributed by atoms with Crippen LogP contribution in [0.3, 0.4) is 0 Å². The number of carbonyl (C=O) groups excluding carboxylic acids is 1. The van der Waals surface area contributed by atoms with E-state index in [1.165, 1.54) is 17.0 Å². The summed E-state index contributed by atoms with van der Waals surface area (Å²) in [5.41, 5.74) is -0.574.